The van der Waals surface area contributed by atoms with Crippen molar-refractivity contribution >= 4 is 21.7 Å². The summed E-state index contributed by atoms with van der Waals surface area (Å²) in [7, 11) is 5.43. The Balaban J connectivity index is 2.00. The summed E-state index contributed by atoms with van der Waals surface area (Å²) < 4.78 is 0. The van der Waals surface area contributed by atoms with Crippen molar-refractivity contribution in [2.24, 2.45) is 0 Å². The van der Waals surface area contributed by atoms with Crippen LogP contribution < -0.4 is 16.2 Å². The molecule has 3 nitrogen and oxygen atoms in total. The van der Waals surface area contributed by atoms with Gasteiger partial charge in [-0.1, -0.05) is 0 Å². The van der Waals surface area contributed by atoms with Gasteiger partial charge in [0.1, 0.15) is 0 Å². The first-order valence-electron chi connectivity index (χ1n) is 1.74. The van der Waals surface area contributed by atoms with Crippen LogP contribution in [0, 0.1) is 0 Å². The van der Waals surface area contributed by atoms with E-state index >= 15 is 0 Å². The number of rotatable bonds is 0. The molecule has 1 fully saturated rings. The molecule has 0 aromatic rings. The van der Waals surface area contributed by atoms with Crippen LogP contribution in [0.3, 0.4) is 0 Å². The first-order chi connectivity index (χ1) is 3.00. The molecular weight excluding hydrogens is 74.5 g/mol. The summed E-state index contributed by atoms with van der Waals surface area (Å²) in [6, 6.07) is 0. The molecule has 0 aromatic carbocycles. The lowest BCUT2D eigenvalue weighted by Crippen LogP contribution is -2.57. The maximum absolute atomic E-state index is 2.71. The summed E-state index contributed by atoms with van der Waals surface area (Å²) in [4.78, 5) is 0. The minimum Gasteiger partial charge on any atom is -0.301 e. The van der Waals surface area contributed by atoms with Gasteiger partial charge < -0.3 is 10.7 Å². The van der Waals surface area contributed by atoms with E-state index in [1.807, 2.05) is 7.06 Å². The molecule has 27 valence electrons. The zero-order valence-electron chi connectivity index (χ0n) is 3.23. The monoisotopic (exact) mass is 78.1 g/mol. The van der Waals surface area contributed by atoms with Crippen LogP contribution >= 0.6 is 0 Å². The van der Waals surface area contributed by atoms with Gasteiger partial charge in [0.2, 0.25) is 0 Å². The van der Waals surface area contributed by atoms with Crippen molar-refractivity contribution in [2.45, 2.75) is 0 Å². The van der Waals surface area contributed by atoms with Crippen molar-refractivity contribution in [3.8, 4) is 0 Å². The van der Waals surface area contributed by atoms with Gasteiger partial charge in [0, 0.05) is 0 Å². The summed E-state index contributed by atoms with van der Waals surface area (Å²) in [5.41, 5.74) is 2.64. The van der Waals surface area contributed by atoms with Gasteiger partial charge in [-0.3, -0.25) is 0 Å². The van der Waals surface area contributed by atoms with Crippen LogP contribution in [0.25, 0.3) is 0 Å². The summed E-state index contributed by atoms with van der Waals surface area (Å²) >= 11 is 0. The van der Waals surface area contributed by atoms with Gasteiger partial charge in [-0.25, -0.2) is 5.53 Å². The molecular formula is H3B3N3. The quantitative estimate of drug-likeness (QED) is 0.277. The molecule has 0 aliphatic carbocycles. The second-order valence-corrected chi connectivity index (χ2v) is 0.939. The van der Waals surface area contributed by atoms with Gasteiger partial charge in [0.05, 0.1) is 7.06 Å². The summed E-state index contributed by atoms with van der Waals surface area (Å²) in [5, 5.41) is 5.42. The predicted octanol–water partition coefficient (Wildman–Crippen LogP) is -2.63. The summed E-state index contributed by atoms with van der Waals surface area (Å²) in [6.07, 6.45) is 0. The van der Waals surface area contributed by atoms with E-state index in [1.54, 1.807) is 14.6 Å². The molecule has 0 amide bonds. The molecule has 1 rings (SSSR count). The molecule has 0 saturated carbocycles. The molecule has 6 heavy (non-hydrogen) atoms. The highest BCUT2D eigenvalue weighted by atomic mass is 15.5. The second kappa shape index (κ2) is 2.28. The highest BCUT2D eigenvalue weighted by Crippen LogP contribution is 1.48. The van der Waals surface area contributed by atoms with E-state index in [1.165, 1.54) is 0 Å². The maximum Gasteiger partial charge on any atom is 0.171 e. The van der Waals surface area contributed by atoms with Crippen LogP contribution in [0.5, 0.6) is 0 Å². The maximum atomic E-state index is 2.71. The van der Waals surface area contributed by atoms with E-state index in [-0.39, 0.29) is 0 Å². The Bertz CT molecular complexity index is 21.5. The zero-order chi connectivity index (χ0) is 4.24. The van der Waals surface area contributed by atoms with Gasteiger partial charge in [0.15, 0.2) is 14.6 Å². The van der Waals surface area contributed by atoms with Gasteiger partial charge in [-0.15, -0.1) is 0 Å². The van der Waals surface area contributed by atoms with Crippen molar-refractivity contribution in [1.29, 1.82) is 0 Å². The number of nitrogens with one attached hydrogen (secondary N) is 3. The highest BCUT2D eigenvalue weighted by Gasteiger charge is 1.97. The van der Waals surface area contributed by atoms with Crippen molar-refractivity contribution in [1.82, 2.24) is 16.2 Å². The number of hydrogen-bond acceptors (Lipinski definition) is 3. The van der Waals surface area contributed by atoms with Crippen molar-refractivity contribution in [2.75, 3.05) is 0 Å². The molecule has 0 aromatic heterocycles. The van der Waals surface area contributed by atoms with Crippen LogP contribution in [0.15, 0.2) is 0 Å². The van der Waals surface area contributed by atoms with Gasteiger partial charge >= 0.3 is 0 Å². The average Bonchev–Trinajstić information content (AvgIpc) is 1.72. The summed E-state index contributed by atoms with van der Waals surface area (Å²) in [5.74, 6) is 0. The number of hydrogen-bond donors (Lipinski definition) is 3. The Morgan fingerprint density at radius 1 is 1.00 bits per heavy atom. The van der Waals surface area contributed by atoms with E-state index in [9.17, 15) is 0 Å². The Kier molecular flexibility index (Phi) is 1.61. The largest absolute Gasteiger partial charge is 0.301 e. The lowest BCUT2D eigenvalue weighted by atomic mass is 9.28. The third-order valence-electron chi connectivity index (χ3n) is 0.503. The predicted molar refractivity (Wildman–Crippen MR) is 26.7 cm³/mol. The Hall–Kier alpha value is 0.0748. The third-order valence-corrected chi connectivity index (χ3v) is 0.503. The fraction of sp³-hybridized carbons (Fsp3) is 0. The molecule has 0 spiro atoms. The van der Waals surface area contributed by atoms with Crippen molar-refractivity contribution in [3.05, 3.63) is 0 Å². The smallest absolute Gasteiger partial charge is 0.171 e. The van der Waals surface area contributed by atoms with E-state index in [0.29, 0.717) is 0 Å². The van der Waals surface area contributed by atoms with Gasteiger partial charge in [-0.05, 0) is 0 Å². The highest BCUT2D eigenvalue weighted by molar-refractivity contribution is 7.28. The molecule has 6 heteroatoms. The molecule has 3 radical (unpaired) electrons. The summed E-state index contributed by atoms with van der Waals surface area (Å²) in [6.45, 7) is 0. The zero-order valence-corrected chi connectivity index (χ0v) is 3.23. The topological polar surface area (TPSA) is 36.1 Å². The lowest BCUT2D eigenvalue weighted by molar-refractivity contribution is 0.649. The minimum absolute atomic E-state index is 1.79. The van der Waals surface area contributed by atoms with Gasteiger partial charge in [0.25, 0.3) is 0 Å². The van der Waals surface area contributed by atoms with Crippen molar-refractivity contribution < 1.29 is 0 Å². The molecule has 1 aliphatic rings. The van der Waals surface area contributed by atoms with E-state index < -0.39 is 0 Å². The van der Waals surface area contributed by atoms with E-state index in [4.69, 9.17) is 0 Å². The fourth-order valence-electron chi connectivity index (χ4n) is 0.269. The first kappa shape index (κ1) is 4.24. The van der Waals surface area contributed by atoms with E-state index in [0.717, 1.165) is 0 Å². The van der Waals surface area contributed by atoms with Gasteiger partial charge in [-0.2, -0.15) is 0 Å². The molecule has 3 N–H and O–H groups in total. The molecule has 1 aliphatic heterocycles. The van der Waals surface area contributed by atoms with Crippen LogP contribution in [0.4, 0.5) is 0 Å². The Morgan fingerprint density at radius 2 is 1.67 bits per heavy atom. The lowest BCUT2D eigenvalue weighted by Gasteiger charge is -2.10. The van der Waals surface area contributed by atoms with Crippen LogP contribution in [0.2, 0.25) is 0 Å². The normalized spacial score (nSPS) is 20.0. The first-order valence-corrected chi connectivity index (χ1v) is 1.74. The molecule has 0 unspecified atom stereocenters. The average molecular weight is 77.5 g/mol. The third kappa shape index (κ3) is 1.04. The number of hydrazine groups is 2. The van der Waals surface area contributed by atoms with Crippen LogP contribution in [-0.2, 0) is 0 Å². The molecule has 1 heterocycles. The molecule has 0 bridgehead atoms. The second-order valence-electron chi connectivity index (χ2n) is 0.939. The molecule has 1 saturated heterocycles. The van der Waals surface area contributed by atoms with Crippen molar-refractivity contribution in [3.63, 3.8) is 0 Å². The van der Waals surface area contributed by atoms with E-state index in [2.05, 4.69) is 16.2 Å². The van der Waals surface area contributed by atoms with Crippen LogP contribution in [0.1, 0.15) is 0 Å². The Morgan fingerprint density at radius 3 is 1.83 bits per heavy atom. The standard InChI is InChI=1S/B3H3N3/c1-2-4-6-5-3-1/h4-6H. The SMILES string of the molecule is [B]1[B]NNN[B]1. The fourth-order valence-corrected chi connectivity index (χ4v) is 0.269. The van der Waals surface area contributed by atoms with Crippen LogP contribution in [-0.4, -0.2) is 21.7 Å². The Labute approximate surface area is 38.9 Å². The minimum atomic E-state index is 1.79. The molecule has 0 atom stereocenters.